The quantitative estimate of drug-likeness (QED) is 0.296. The lowest BCUT2D eigenvalue weighted by molar-refractivity contribution is 0.0300. The molecule has 194 valence electrons. The number of aromatic amines is 1. The molecule has 0 bridgehead atoms. The molecule has 0 saturated heterocycles. The van der Waals surface area contributed by atoms with Gasteiger partial charge in [-0.2, -0.15) is 0 Å². The molecule has 2 heterocycles. The Morgan fingerprint density at radius 2 is 1.86 bits per heavy atom. The highest BCUT2D eigenvalue weighted by molar-refractivity contribution is 6.30. The molecule has 37 heavy (non-hydrogen) atoms. The van der Waals surface area contributed by atoms with Gasteiger partial charge in [-0.05, 0) is 74.7 Å². The molecule has 2 aromatic carbocycles. The van der Waals surface area contributed by atoms with Crippen LogP contribution in [0, 0.1) is 13.8 Å². The minimum atomic E-state index is -1.73. The van der Waals surface area contributed by atoms with Gasteiger partial charge >= 0.3 is 0 Å². The summed E-state index contributed by atoms with van der Waals surface area (Å²) in [6, 6.07) is 10.1. The number of carbonyl (C=O) groups excluding carboxylic acids is 1. The molecule has 0 radical (unpaired) electrons. The summed E-state index contributed by atoms with van der Waals surface area (Å²) in [7, 11) is 1.60. The van der Waals surface area contributed by atoms with Crippen LogP contribution in [0.5, 0.6) is 11.5 Å². The monoisotopic (exact) mass is 525 g/mol. The van der Waals surface area contributed by atoms with Crippen molar-refractivity contribution < 1.29 is 19.0 Å². The highest BCUT2D eigenvalue weighted by Gasteiger charge is 2.26. The van der Waals surface area contributed by atoms with E-state index in [1.165, 1.54) is 11.5 Å². The number of alkyl halides is 1. The molecule has 0 fully saturated rings. The van der Waals surface area contributed by atoms with Gasteiger partial charge < -0.3 is 24.7 Å². The van der Waals surface area contributed by atoms with E-state index in [-0.39, 0.29) is 22.7 Å². The second-order valence-electron chi connectivity index (χ2n) is 9.38. The summed E-state index contributed by atoms with van der Waals surface area (Å²) in [5.41, 5.74) is 1.50. The Morgan fingerprint density at radius 3 is 2.49 bits per heavy atom. The van der Waals surface area contributed by atoms with Crippen LogP contribution in [0.15, 0.2) is 47.4 Å². The van der Waals surface area contributed by atoms with Crippen LogP contribution in [-0.4, -0.2) is 33.8 Å². The first-order valence-electron chi connectivity index (χ1n) is 11.8. The topological polar surface area (TPSA) is 96.3 Å². The maximum atomic E-state index is 13.7. The number of pyridine rings is 1. The second-order valence-corrected chi connectivity index (χ2v) is 9.82. The standard InChI is InChI=1S/C28H29ClFN3O4/c1-6-31-26(34)22-12-20-21(13-33(5)27(35)24(20)32-22)19-11-17(28(4,36)14-30)7-8-23(19)37-25-15(2)9-18(29)10-16(25)3/h7-13,32,36H,6,14H2,1-5H3,(H,31,34). The lowest BCUT2D eigenvalue weighted by atomic mass is 9.92. The number of carbonyl (C=O) groups is 1. The number of halogens is 2. The molecule has 0 saturated carbocycles. The van der Waals surface area contributed by atoms with Crippen LogP contribution in [0.25, 0.3) is 22.0 Å². The van der Waals surface area contributed by atoms with Gasteiger partial charge in [-0.25, -0.2) is 4.39 Å². The van der Waals surface area contributed by atoms with Crippen LogP contribution in [0.1, 0.15) is 41.0 Å². The van der Waals surface area contributed by atoms with Crippen molar-refractivity contribution in [2.24, 2.45) is 7.05 Å². The molecule has 0 aliphatic heterocycles. The minimum absolute atomic E-state index is 0.236. The molecule has 0 aliphatic carbocycles. The third-order valence-electron chi connectivity index (χ3n) is 6.34. The van der Waals surface area contributed by atoms with Crippen molar-refractivity contribution in [3.63, 3.8) is 0 Å². The molecular formula is C28H29ClFN3O4. The smallest absolute Gasteiger partial charge is 0.274 e. The van der Waals surface area contributed by atoms with E-state index in [4.69, 9.17) is 16.3 Å². The number of rotatable bonds is 7. The number of hydrogen-bond donors (Lipinski definition) is 3. The van der Waals surface area contributed by atoms with Crippen molar-refractivity contribution in [2.75, 3.05) is 13.2 Å². The van der Waals surface area contributed by atoms with Crippen molar-refractivity contribution in [1.82, 2.24) is 14.9 Å². The number of benzene rings is 2. The first-order chi connectivity index (χ1) is 17.5. The minimum Gasteiger partial charge on any atom is -0.456 e. The highest BCUT2D eigenvalue weighted by Crippen LogP contribution is 2.41. The molecule has 3 N–H and O–H groups in total. The first kappa shape index (κ1) is 26.4. The van der Waals surface area contributed by atoms with Gasteiger partial charge in [0.1, 0.15) is 35.0 Å². The Labute approximate surface area is 218 Å². The van der Waals surface area contributed by atoms with Crippen LogP contribution >= 0.6 is 11.6 Å². The van der Waals surface area contributed by atoms with E-state index >= 15 is 0 Å². The Balaban J connectivity index is 2.01. The normalized spacial score (nSPS) is 13.0. The molecule has 0 spiro atoms. The number of H-pyrrole nitrogens is 1. The van der Waals surface area contributed by atoms with Crippen LogP contribution < -0.4 is 15.6 Å². The zero-order chi connectivity index (χ0) is 27.1. The third kappa shape index (κ3) is 4.99. The molecular weight excluding hydrogens is 497 g/mol. The molecule has 1 unspecified atom stereocenters. The Kier molecular flexibility index (Phi) is 7.17. The summed E-state index contributed by atoms with van der Waals surface area (Å²) < 4.78 is 21.5. The zero-order valence-corrected chi connectivity index (χ0v) is 22.1. The van der Waals surface area contributed by atoms with Gasteiger partial charge in [0.25, 0.3) is 11.5 Å². The molecule has 4 rings (SSSR count). The summed E-state index contributed by atoms with van der Waals surface area (Å²) in [5, 5.41) is 14.5. The van der Waals surface area contributed by atoms with E-state index in [9.17, 15) is 19.1 Å². The number of nitrogens with zero attached hydrogens (tertiary/aromatic N) is 1. The number of nitrogens with one attached hydrogen (secondary N) is 2. The summed E-state index contributed by atoms with van der Waals surface area (Å²) in [5.74, 6) is 0.686. The van der Waals surface area contributed by atoms with Gasteiger partial charge in [0, 0.05) is 41.3 Å². The van der Waals surface area contributed by atoms with Crippen molar-refractivity contribution in [2.45, 2.75) is 33.3 Å². The Morgan fingerprint density at radius 1 is 1.19 bits per heavy atom. The van der Waals surface area contributed by atoms with E-state index in [0.29, 0.717) is 45.1 Å². The van der Waals surface area contributed by atoms with E-state index in [1.807, 2.05) is 13.8 Å². The van der Waals surface area contributed by atoms with Crippen molar-refractivity contribution in [3.8, 4) is 22.6 Å². The van der Waals surface area contributed by atoms with E-state index in [2.05, 4.69) is 10.3 Å². The number of aliphatic hydroxyl groups is 1. The van der Waals surface area contributed by atoms with Gasteiger partial charge in [-0.15, -0.1) is 0 Å². The predicted octanol–water partition coefficient (Wildman–Crippen LogP) is 5.52. The summed E-state index contributed by atoms with van der Waals surface area (Å²) in [6.07, 6.45) is 1.64. The van der Waals surface area contributed by atoms with Gasteiger partial charge in [0.05, 0.1) is 0 Å². The fourth-order valence-electron chi connectivity index (χ4n) is 4.34. The Hall–Kier alpha value is -3.62. The van der Waals surface area contributed by atoms with Gasteiger partial charge in [-0.3, -0.25) is 9.59 Å². The van der Waals surface area contributed by atoms with Gasteiger partial charge in [-0.1, -0.05) is 17.7 Å². The second kappa shape index (κ2) is 10.0. The molecule has 2 aromatic heterocycles. The van der Waals surface area contributed by atoms with Gasteiger partial charge in [0.15, 0.2) is 0 Å². The van der Waals surface area contributed by atoms with Crippen molar-refractivity contribution in [1.29, 1.82) is 0 Å². The number of fused-ring (bicyclic) bond motifs is 1. The summed E-state index contributed by atoms with van der Waals surface area (Å²) in [4.78, 5) is 28.4. The SMILES string of the molecule is CCNC(=O)c1cc2c(-c3cc(C(C)(O)CF)ccc3Oc3c(C)cc(Cl)cc3C)cn(C)c(=O)c2[nH]1. The third-order valence-corrected chi connectivity index (χ3v) is 6.55. The summed E-state index contributed by atoms with van der Waals surface area (Å²) in [6.45, 7) is 6.39. The molecule has 0 aliphatic rings. The maximum absolute atomic E-state index is 13.7. The Bertz CT molecular complexity index is 1550. The lowest BCUT2D eigenvalue weighted by Crippen LogP contribution is -2.23. The number of aromatic nitrogens is 2. The molecule has 1 amide bonds. The van der Waals surface area contributed by atoms with E-state index in [1.54, 1.807) is 56.6 Å². The average molecular weight is 526 g/mol. The lowest BCUT2D eigenvalue weighted by Gasteiger charge is -2.23. The fraction of sp³-hybridized carbons (Fsp3) is 0.286. The van der Waals surface area contributed by atoms with E-state index in [0.717, 1.165) is 11.1 Å². The number of hydrogen-bond acceptors (Lipinski definition) is 4. The number of ether oxygens (including phenoxy) is 1. The van der Waals surface area contributed by atoms with Gasteiger partial charge in [0.2, 0.25) is 0 Å². The highest BCUT2D eigenvalue weighted by atomic mass is 35.5. The van der Waals surface area contributed by atoms with Crippen LogP contribution in [-0.2, 0) is 12.6 Å². The fourth-order valence-corrected chi connectivity index (χ4v) is 4.66. The first-order valence-corrected chi connectivity index (χ1v) is 12.2. The number of amides is 1. The van der Waals surface area contributed by atoms with E-state index < -0.39 is 12.3 Å². The molecule has 7 nitrogen and oxygen atoms in total. The molecule has 9 heteroatoms. The molecule has 1 atom stereocenters. The average Bonchev–Trinajstić information content (AvgIpc) is 3.30. The van der Waals surface area contributed by atoms with Crippen LogP contribution in [0.2, 0.25) is 5.02 Å². The maximum Gasteiger partial charge on any atom is 0.274 e. The zero-order valence-electron chi connectivity index (χ0n) is 21.3. The van der Waals surface area contributed by atoms with Crippen molar-refractivity contribution in [3.05, 3.63) is 80.4 Å². The van der Waals surface area contributed by atoms with Crippen molar-refractivity contribution >= 4 is 28.4 Å². The largest absolute Gasteiger partial charge is 0.456 e. The summed E-state index contributed by atoms with van der Waals surface area (Å²) >= 11 is 6.20. The van der Waals surface area contributed by atoms with Crippen LogP contribution in [0.4, 0.5) is 4.39 Å². The molecule has 4 aromatic rings. The number of aryl methyl sites for hydroxylation is 3. The van der Waals surface area contributed by atoms with Crippen LogP contribution in [0.3, 0.4) is 0 Å². The predicted molar refractivity (Wildman–Crippen MR) is 144 cm³/mol.